The summed E-state index contributed by atoms with van der Waals surface area (Å²) in [5, 5.41) is 11.4. The lowest BCUT2D eigenvalue weighted by atomic mass is 10.1. The van der Waals surface area contributed by atoms with Crippen molar-refractivity contribution < 1.29 is 9.47 Å². The van der Waals surface area contributed by atoms with Crippen LogP contribution in [-0.2, 0) is 30.7 Å². The molecule has 1 atom stereocenters. The van der Waals surface area contributed by atoms with Crippen molar-refractivity contribution in [3.8, 4) is 5.75 Å². The molecule has 154 valence electrons. The number of guanidine groups is 1. The van der Waals surface area contributed by atoms with Crippen LogP contribution in [0.5, 0.6) is 5.75 Å². The highest BCUT2D eigenvalue weighted by Gasteiger charge is 2.22. The molecule has 2 N–H and O–H groups in total. The summed E-state index contributed by atoms with van der Waals surface area (Å²) < 4.78 is 12.3. The summed E-state index contributed by atoms with van der Waals surface area (Å²) in [7, 11) is 5.13. The topological polar surface area (TPSA) is 85.6 Å². The van der Waals surface area contributed by atoms with Crippen LogP contribution in [0.25, 0.3) is 0 Å². The van der Waals surface area contributed by atoms with Crippen LogP contribution in [0.3, 0.4) is 0 Å². The second kappa shape index (κ2) is 11.2. The predicted octanol–water partition coefficient (Wildman–Crippen LogP) is 1.77. The zero-order valence-corrected chi connectivity index (χ0v) is 19.0. The Morgan fingerprint density at radius 3 is 2.75 bits per heavy atom. The average Bonchev–Trinajstić information content (AvgIpc) is 3.09. The molecule has 0 amide bonds. The molecule has 28 heavy (non-hydrogen) atoms. The van der Waals surface area contributed by atoms with Gasteiger partial charge in [0.2, 0.25) is 0 Å². The van der Waals surface area contributed by atoms with Crippen LogP contribution in [0.1, 0.15) is 23.6 Å². The highest BCUT2D eigenvalue weighted by atomic mass is 127. The first kappa shape index (κ1) is 22.4. The number of hydrogen-bond donors (Lipinski definition) is 2. The first-order valence-corrected chi connectivity index (χ1v) is 9.23. The summed E-state index contributed by atoms with van der Waals surface area (Å²) in [5.41, 5.74) is 1.26. The molecule has 0 saturated heterocycles. The molecule has 0 spiro atoms. The number of methoxy groups -OCH3 is 2. The second-order valence-corrected chi connectivity index (χ2v) is 6.54. The minimum atomic E-state index is 0. The van der Waals surface area contributed by atoms with Gasteiger partial charge in [0.25, 0.3) is 0 Å². The van der Waals surface area contributed by atoms with Crippen LogP contribution in [0, 0.1) is 0 Å². The Bertz CT molecular complexity index is 762. The van der Waals surface area contributed by atoms with E-state index in [1.54, 1.807) is 21.3 Å². The van der Waals surface area contributed by atoms with Gasteiger partial charge >= 0.3 is 0 Å². The monoisotopic (exact) mass is 500 g/mol. The van der Waals surface area contributed by atoms with Gasteiger partial charge in [-0.2, -0.15) is 5.10 Å². The van der Waals surface area contributed by atoms with Gasteiger partial charge in [-0.05, 0) is 30.5 Å². The molecule has 1 aromatic carbocycles. The lowest BCUT2D eigenvalue weighted by Crippen LogP contribution is -2.47. The summed E-state index contributed by atoms with van der Waals surface area (Å²) in [4.78, 5) is 8.85. The van der Waals surface area contributed by atoms with Gasteiger partial charge in [-0.15, -0.1) is 24.0 Å². The third-order valence-corrected chi connectivity index (χ3v) is 4.60. The number of nitrogens with one attached hydrogen (secondary N) is 2. The molecular formula is C19H29IN6O2. The van der Waals surface area contributed by atoms with E-state index in [9.17, 15) is 0 Å². The van der Waals surface area contributed by atoms with Crippen molar-refractivity contribution >= 4 is 29.9 Å². The Labute approximate surface area is 183 Å². The fraction of sp³-hybridized carbons (Fsp3) is 0.526. The van der Waals surface area contributed by atoms with Crippen molar-refractivity contribution in [3.05, 3.63) is 41.5 Å². The number of nitrogens with zero attached hydrogens (tertiary/aromatic N) is 4. The van der Waals surface area contributed by atoms with E-state index in [0.29, 0.717) is 6.61 Å². The third-order valence-electron chi connectivity index (χ3n) is 4.60. The minimum Gasteiger partial charge on any atom is -0.497 e. The molecule has 0 radical (unpaired) electrons. The quantitative estimate of drug-likeness (QED) is 0.343. The van der Waals surface area contributed by atoms with Crippen LogP contribution in [-0.4, -0.2) is 54.6 Å². The van der Waals surface area contributed by atoms with Crippen LogP contribution < -0.4 is 15.4 Å². The number of ether oxygens (including phenoxy) is 2. The highest BCUT2D eigenvalue weighted by molar-refractivity contribution is 14.0. The van der Waals surface area contributed by atoms with Crippen LogP contribution in [0.4, 0.5) is 0 Å². The molecule has 1 unspecified atom stereocenters. The normalized spacial score (nSPS) is 16.1. The number of aryl methyl sites for hydroxylation is 1. The molecule has 0 saturated carbocycles. The van der Waals surface area contributed by atoms with Crippen molar-refractivity contribution in [1.29, 1.82) is 0 Å². The molecule has 0 bridgehead atoms. The van der Waals surface area contributed by atoms with Gasteiger partial charge in [0.05, 0.1) is 13.7 Å². The number of fused-ring (bicyclic) bond motifs is 1. The Balaban J connectivity index is 0.00000280. The molecule has 2 heterocycles. The Morgan fingerprint density at radius 2 is 2.07 bits per heavy atom. The second-order valence-electron chi connectivity index (χ2n) is 6.54. The zero-order chi connectivity index (χ0) is 19.1. The molecule has 1 aromatic heterocycles. The standard InChI is InChI=1S/C19H28N6O2.HI/c1-20-19(21-11-10-14-4-7-16(27-3)8-5-14)22-15-6-9-18-23-17(13-26-2)24-25(18)12-15;/h4-5,7-8,15H,6,9-13H2,1-3H3,(H2,20,21,22);1H. The van der Waals surface area contributed by atoms with E-state index in [4.69, 9.17) is 9.47 Å². The Morgan fingerprint density at radius 1 is 1.29 bits per heavy atom. The number of aliphatic imine (C=N–C) groups is 1. The molecule has 9 heteroatoms. The van der Waals surface area contributed by atoms with Crippen molar-refractivity contribution in [3.63, 3.8) is 0 Å². The van der Waals surface area contributed by atoms with Crippen LogP contribution in [0.2, 0.25) is 0 Å². The molecule has 0 aliphatic carbocycles. The van der Waals surface area contributed by atoms with Gasteiger partial charge in [0.15, 0.2) is 11.8 Å². The maximum absolute atomic E-state index is 5.19. The molecule has 1 aliphatic rings. The van der Waals surface area contributed by atoms with Gasteiger partial charge in [0.1, 0.15) is 18.2 Å². The van der Waals surface area contributed by atoms with Crippen molar-refractivity contribution in [1.82, 2.24) is 25.4 Å². The number of benzene rings is 1. The molecule has 3 rings (SSSR count). The third kappa shape index (κ3) is 6.06. The summed E-state index contributed by atoms with van der Waals surface area (Å²) in [6.45, 7) is 2.04. The maximum Gasteiger partial charge on any atom is 0.191 e. The van der Waals surface area contributed by atoms with Gasteiger partial charge in [-0.1, -0.05) is 12.1 Å². The van der Waals surface area contributed by atoms with Gasteiger partial charge in [-0.25, -0.2) is 9.67 Å². The van der Waals surface area contributed by atoms with E-state index in [2.05, 4.69) is 37.8 Å². The first-order chi connectivity index (χ1) is 13.2. The van der Waals surface area contributed by atoms with E-state index >= 15 is 0 Å². The summed E-state index contributed by atoms with van der Waals surface area (Å²) in [6.07, 6.45) is 2.82. The van der Waals surface area contributed by atoms with Crippen LogP contribution in [0.15, 0.2) is 29.3 Å². The first-order valence-electron chi connectivity index (χ1n) is 9.23. The fourth-order valence-electron chi connectivity index (χ4n) is 3.17. The number of rotatable bonds is 7. The van der Waals surface area contributed by atoms with E-state index in [1.807, 2.05) is 16.8 Å². The highest BCUT2D eigenvalue weighted by Crippen LogP contribution is 2.14. The molecule has 0 fully saturated rings. The van der Waals surface area contributed by atoms with Crippen molar-refractivity contribution in [2.45, 2.75) is 38.5 Å². The van der Waals surface area contributed by atoms with Crippen molar-refractivity contribution in [2.75, 3.05) is 27.8 Å². The van der Waals surface area contributed by atoms with Crippen LogP contribution >= 0.6 is 24.0 Å². The van der Waals surface area contributed by atoms with E-state index in [0.717, 1.165) is 55.7 Å². The van der Waals surface area contributed by atoms with E-state index < -0.39 is 0 Å². The SMILES string of the molecule is CN=C(NCCc1ccc(OC)cc1)NC1CCc2nc(COC)nn2C1.I. The predicted molar refractivity (Wildman–Crippen MR) is 119 cm³/mol. The number of hydrogen-bond acceptors (Lipinski definition) is 5. The smallest absolute Gasteiger partial charge is 0.191 e. The fourth-order valence-corrected chi connectivity index (χ4v) is 3.17. The molecule has 8 nitrogen and oxygen atoms in total. The Kier molecular flexibility index (Phi) is 8.97. The number of halogens is 1. The largest absolute Gasteiger partial charge is 0.497 e. The van der Waals surface area contributed by atoms with E-state index in [1.165, 1.54) is 5.56 Å². The van der Waals surface area contributed by atoms with Gasteiger partial charge in [-0.3, -0.25) is 4.99 Å². The molecule has 1 aliphatic heterocycles. The van der Waals surface area contributed by atoms with E-state index in [-0.39, 0.29) is 30.0 Å². The summed E-state index contributed by atoms with van der Waals surface area (Å²) >= 11 is 0. The van der Waals surface area contributed by atoms with Gasteiger partial charge < -0.3 is 20.1 Å². The summed E-state index contributed by atoms with van der Waals surface area (Å²) in [6, 6.07) is 8.42. The minimum absolute atomic E-state index is 0. The molecule has 2 aromatic rings. The number of aromatic nitrogens is 3. The summed E-state index contributed by atoms with van der Waals surface area (Å²) in [5.74, 6) is 3.47. The lowest BCUT2D eigenvalue weighted by Gasteiger charge is -2.25. The van der Waals surface area contributed by atoms with Crippen molar-refractivity contribution in [2.24, 2.45) is 4.99 Å². The maximum atomic E-state index is 5.19. The lowest BCUT2D eigenvalue weighted by molar-refractivity contribution is 0.177. The molecular weight excluding hydrogens is 471 g/mol. The van der Waals surface area contributed by atoms with Gasteiger partial charge in [0, 0.05) is 33.2 Å². The zero-order valence-electron chi connectivity index (χ0n) is 16.6. The Hall–Kier alpha value is -1.88. The average molecular weight is 500 g/mol.